The van der Waals surface area contributed by atoms with Gasteiger partial charge in [0.15, 0.2) is 13.1 Å². The number of alkyl halides is 2. The third kappa shape index (κ3) is 7.54. The Balaban J connectivity index is 1.85. The number of benzene rings is 2. The van der Waals surface area contributed by atoms with Crippen molar-refractivity contribution in [2.45, 2.75) is 10.7 Å². The zero-order valence-corrected chi connectivity index (χ0v) is 16.0. The van der Waals surface area contributed by atoms with Crippen LogP contribution in [0.25, 0.3) is 0 Å². The van der Waals surface area contributed by atoms with Crippen LogP contribution in [0.15, 0.2) is 53.4 Å². The topological polar surface area (TPSA) is 62.6 Å². The zero-order valence-electron chi connectivity index (χ0n) is 14.5. The van der Waals surface area contributed by atoms with Crippen LogP contribution in [-0.2, 0) is 9.59 Å². The molecule has 27 heavy (non-hydrogen) atoms. The van der Waals surface area contributed by atoms with Crippen LogP contribution in [0.4, 0.5) is 20.2 Å². The second-order valence-corrected chi connectivity index (χ2v) is 7.26. The van der Waals surface area contributed by atoms with Crippen molar-refractivity contribution in [1.29, 1.82) is 0 Å². The summed E-state index contributed by atoms with van der Waals surface area (Å²) in [6.07, 6.45) is 0. The first kappa shape index (κ1) is 21.1. The number of carbonyl (C=O) groups is 2. The molecular weight excluding hydrogens is 396 g/mol. The normalized spacial score (nSPS) is 11.9. The monoisotopic (exact) mass is 414 g/mol. The summed E-state index contributed by atoms with van der Waals surface area (Å²) < 4.78 is 25.2. The van der Waals surface area contributed by atoms with Gasteiger partial charge in [-0.2, -0.15) is 8.78 Å². The van der Waals surface area contributed by atoms with Crippen molar-refractivity contribution in [2.75, 3.05) is 30.8 Å². The molecule has 0 heterocycles. The van der Waals surface area contributed by atoms with E-state index in [4.69, 9.17) is 11.6 Å². The maximum Gasteiger partial charge on any atom is 0.288 e. The molecule has 0 aromatic heterocycles. The lowest BCUT2D eigenvalue weighted by molar-refractivity contribution is -0.862. The molecule has 1 unspecified atom stereocenters. The minimum Gasteiger partial charge on any atom is -0.322 e. The van der Waals surface area contributed by atoms with Crippen LogP contribution < -0.4 is 15.5 Å². The number of halogens is 3. The van der Waals surface area contributed by atoms with Crippen LogP contribution in [0.1, 0.15) is 0 Å². The molecule has 0 bridgehead atoms. The fourth-order valence-corrected chi connectivity index (χ4v) is 3.03. The molecule has 3 N–H and O–H groups in total. The minimum atomic E-state index is -2.58. The van der Waals surface area contributed by atoms with Crippen LogP contribution >= 0.6 is 23.4 Å². The Morgan fingerprint density at radius 3 is 2.26 bits per heavy atom. The van der Waals surface area contributed by atoms with Gasteiger partial charge in [0.2, 0.25) is 0 Å². The van der Waals surface area contributed by atoms with Gasteiger partial charge >= 0.3 is 0 Å². The molecule has 5 nitrogen and oxygen atoms in total. The molecule has 2 amide bonds. The van der Waals surface area contributed by atoms with Gasteiger partial charge in [-0.25, -0.2) is 0 Å². The van der Waals surface area contributed by atoms with Gasteiger partial charge < -0.3 is 15.5 Å². The molecule has 2 aromatic rings. The molecule has 2 aromatic carbocycles. The SMILES string of the molecule is C[NH+](CC(=O)Nc1ccc(Cl)cc1)CC(=O)Nc1ccccc1SC(F)F. The number of likely N-dealkylation sites (N-methyl/N-ethyl adjacent to an activating group) is 1. The Bertz CT molecular complexity index is 790. The van der Waals surface area contributed by atoms with Crippen molar-refractivity contribution in [1.82, 2.24) is 0 Å². The highest BCUT2D eigenvalue weighted by Gasteiger charge is 2.16. The van der Waals surface area contributed by atoms with E-state index < -0.39 is 5.76 Å². The van der Waals surface area contributed by atoms with Crippen molar-refractivity contribution in [3.05, 3.63) is 53.6 Å². The number of anilines is 2. The quantitative estimate of drug-likeness (QED) is 0.582. The van der Waals surface area contributed by atoms with Gasteiger partial charge in [-0.1, -0.05) is 35.5 Å². The molecule has 0 aliphatic rings. The highest BCUT2D eigenvalue weighted by Crippen LogP contribution is 2.31. The van der Waals surface area contributed by atoms with Crippen molar-refractivity contribution in [3.63, 3.8) is 0 Å². The first-order valence-electron chi connectivity index (χ1n) is 8.04. The number of hydrogen-bond donors (Lipinski definition) is 3. The van der Waals surface area contributed by atoms with Crippen molar-refractivity contribution < 1.29 is 23.3 Å². The molecule has 144 valence electrons. The van der Waals surface area contributed by atoms with Gasteiger partial charge in [-0.05, 0) is 36.4 Å². The fourth-order valence-electron chi connectivity index (χ4n) is 2.31. The molecule has 2 rings (SSSR count). The third-order valence-electron chi connectivity index (χ3n) is 3.43. The van der Waals surface area contributed by atoms with Crippen LogP contribution in [0.2, 0.25) is 5.02 Å². The maximum absolute atomic E-state index is 12.6. The Morgan fingerprint density at radius 2 is 1.63 bits per heavy atom. The van der Waals surface area contributed by atoms with Gasteiger partial charge in [0.25, 0.3) is 17.6 Å². The molecular formula is C18H19ClF2N3O2S+. The smallest absolute Gasteiger partial charge is 0.288 e. The number of rotatable bonds is 8. The van der Waals surface area contributed by atoms with E-state index in [0.29, 0.717) is 38.0 Å². The molecule has 0 aliphatic carbocycles. The van der Waals surface area contributed by atoms with Crippen LogP contribution in [-0.4, -0.2) is 37.7 Å². The van der Waals surface area contributed by atoms with Crippen molar-refractivity contribution >= 4 is 46.6 Å². The first-order valence-corrected chi connectivity index (χ1v) is 9.29. The lowest BCUT2D eigenvalue weighted by atomic mass is 10.3. The average molecular weight is 415 g/mol. The maximum atomic E-state index is 12.6. The number of hydrogen-bond acceptors (Lipinski definition) is 3. The van der Waals surface area contributed by atoms with Gasteiger partial charge in [0.1, 0.15) is 0 Å². The van der Waals surface area contributed by atoms with Crippen LogP contribution in [0.5, 0.6) is 0 Å². The van der Waals surface area contributed by atoms with E-state index >= 15 is 0 Å². The lowest BCUT2D eigenvalue weighted by Gasteiger charge is -2.15. The van der Waals surface area contributed by atoms with Crippen molar-refractivity contribution in [2.24, 2.45) is 0 Å². The second-order valence-electron chi connectivity index (χ2n) is 5.79. The summed E-state index contributed by atoms with van der Waals surface area (Å²) in [5.74, 6) is -3.20. The summed E-state index contributed by atoms with van der Waals surface area (Å²) in [6, 6.07) is 13.0. The Kier molecular flexibility index (Phi) is 8.02. The number of thioether (sulfide) groups is 1. The summed E-state index contributed by atoms with van der Waals surface area (Å²) in [4.78, 5) is 25.1. The molecule has 0 saturated heterocycles. The number of nitrogens with one attached hydrogen (secondary N) is 3. The van der Waals surface area contributed by atoms with Gasteiger partial charge in [0, 0.05) is 15.6 Å². The van der Waals surface area contributed by atoms with Crippen LogP contribution in [0.3, 0.4) is 0 Å². The zero-order chi connectivity index (χ0) is 19.8. The highest BCUT2D eigenvalue weighted by atomic mass is 35.5. The molecule has 0 saturated carbocycles. The summed E-state index contributed by atoms with van der Waals surface area (Å²) in [5.41, 5.74) is 0.936. The van der Waals surface area contributed by atoms with E-state index in [-0.39, 0.29) is 24.9 Å². The fraction of sp³-hybridized carbons (Fsp3) is 0.222. The molecule has 0 radical (unpaired) electrons. The lowest BCUT2D eigenvalue weighted by Crippen LogP contribution is -3.11. The van der Waals surface area contributed by atoms with E-state index in [2.05, 4.69) is 10.6 Å². The molecule has 9 heteroatoms. The molecule has 0 spiro atoms. The predicted octanol–water partition coefficient (Wildman–Crippen LogP) is 2.75. The number of carbonyl (C=O) groups excluding carboxylic acids is 2. The standard InChI is InChI=1S/C18H18ClF2N3O2S/c1-24(10-16(25)22-13-8-6-12(19)7-9-13)11-17(26)23-14-4-2-3-5-15(14)27-18(20)21/h2-9,18H,10-11H2,1H3,(H,22,25)(H,23,26)/p+1. The minimum absolute atomic E-state index is 0.0156. The average Bonchev–Trinajstić information content (AvgIpc) is 2.58. The first-order chi connectivity index (χ1) is 12.8. The Labute approximate surface area is 165 Å². The van der Waals surface area contributed by atoms with Crippen molar-refractivity contribution in [3.8, 4) is 0 Å². The Morgan fingerprint density at radius 1 is 1.04 bits per heavy atom. The largest absolute Gasteiger partial charge is 0.322 e. The number of para-hydroxylation sites is 1. The van der Waals surface area contributed by atoms with Crippen LogP contribution in [0, 0.1) is 0 Å². The van der Waals surface area contributed by atoms with E-state index in [1.54, 1.807) is 49.5 Å². The van der Waals surface area contributed by atoms with E-state index in [0.717, 1.165) is 0 Å². The van der Waals surface area contributed by atoms with E-state index in [1.807, 2.05) is 0 Å². The number of amides is 2. The summed E-state index contributed by atoms with van der Waals surface area (Å²) >= 11 is 6.16. The molecule has 0 fully saturated rings. The Hall–Kier alpha value is -2.16. The van der Waals surface area contributed by atoms with Gasteiger partial charge in [-0.3, -0.25) is 9.59 Å². The summed E-state index contributed by atoms with van der Waals surface area (Å²) in [7, 11) is 1.70. The van der Waals surface area contributed by atoms with E-state index in [9.17, 15) is 18.4 Å². The predicted molar refractivity (Wildman–Crippen MR) is 104 cm³/mol. The number of quaternary nitrogens is 1. The van der Waals surface area contributed by atoms with Gasteiger partial charge in [-0.15, -0.1) is 0 Å². The highest BCUT2D eigenvalue weighted by molar-refractivity contribution is 7.99. The summed E-state index contributed by atoms with van der Waals surface area (Å²) in [5, 5.41) is 5.90. The molecule has 1 atom stereocenters. The van der Waals surface area contributed by atoms with E-state index in [1.165, 1.54) is 6.07 Å². The van der Waals surface area contributed by atoms with Gasteiger partial charge in [0.05, 0.1) is 12.7 Å². The molecule has 0 aliphatic heterocycles. The second kappa shape index (κ2) is 10.2. The summed E-state index contributed by atoms with van der Waals surface area (Å²) in [6.45, 7) is 0.0885. The third-order valence-corrected chi connectivity index (χ3v) is 4.47.